The number of rotatable bonds is 6. The van der Waals surface area contributed by atoms with Crippen molar-refractivity contribution >= 4 is 38.4 Å². The molecule has 2 heterocycles. The normalized spacial score (nSPS) is 18.1. The predicted molar refractivity (Wildman–Crippen MR) is 105 cm³/mol. The van der Waals surface area contributed by atoms with Crippen LogP contribution in [0.15, 0.2) is 44.6 Å². The summed E-state index contributed by atoms with van der Waals surface area (Å²) < 4.78 is 107. The van der Waals surface area contributed by atoms with Crippen LogP contribution >= 0.6 is 11.8 Å². The van der Waals surface area contributed by atoms with Gasteiger partial charge >= 0.3 is 11.7 Å². The topological polar surface area (TPSA) is 72.6 Å². The summed E-state index contributed by atoms with van der Waals surface area (Å²) in [6, 6.07) is 2.60. The van der Waals surface area contributed by atoms with Crippen LogP contribution in [0.2, 0.25) is 0 Å². The Morgan fingerprint density at radius 3 is 2.50 bits per heavy atom. The van der Waals surface area contributed by atoms with E-state index in [0.717, 1.165) is 17.2 Å². The standard InChI is InChI=1S/C18H16F6N2O4S2/c1-3-32(27,28)14-7-4-10(2)26(29-9-17(19,20)21)15(14)16-25-12-8-11(31-18(22,23)24)5-6-13(12)30-16/h4-8,10H,3,9H2,1-2H3. The molecule has 14 heteroatoms. The van der Waals surface area contributed by atoms with Gasteiger partial charge in [0.15, 0.2) is 22.0 Å². The maximum absolute atomic E-state index is 12.8. The van der Waals surface area contributed by atoms with Crippen molar-refractivity contribution in [2.24, 2.45) is 0 Å². The molecule has 6 nitrogen and oxygen atoms in total. The molecule has 3 rings (SSSR count). The maximum Gasteiger partial charge on any atom is 0.446 e. The minimum absolute atomic E-state index is 0.0187. The van der Waals surface area contributed by atoms with E-state index in [-0.39, 0.29) is 44.1 Å². The van der Waals surface area contributed by atoms with Crippen LogP contribution in [-0.2, 0) is 14.7 Å². The summed E-state index contributed by atoms with van der Waals surface area (Å²) in [4.78, 5) is 8.34. The van der Waals surface area contributed by atoms with Gasteiger partial charge in [0.2, 0.25) is 5.89 Å². The third kappa shape index (κ3) is 5.59. The van der Waals surface area contributed by atoms with Gasteiger partial charge in [-0.3, -0.25) is 4.84 Å². The molecular weight excluding hydrogens is 486 g/mol. The number of thioether (sulfide) groups is 1. The first kappa shape index (κ1) is 24.5. The first-order valence-electron chi connectivity index (χ1n) is 9.01. The molecule has 0 N–H and O–H groups in total. The van der Waals surface area contributed by atoms with Crippen molar-refractivity contribution in [2.45, 2.75) is 36.5 Å². The second-order valence-electron chi connectivity index (χ2n) is 6.63. The van der Waals surface area contributed by atoms with Gasteiger partial charge < -0.3 is 4.42 Å². The third-order valence-corrected chi connectivity index (χ3v) is 6.71. The average molecular weight is 502 g/mol. The van der Waals surface area contributed by atoms with Crippen molar-refractivity contribution in [1.82, 2.24) is 10.0 Å². The number of hydroxylamine groups is 2. The fourth-order valence-electron chi connectivity index (χ4n) is 2.83. The summed E-state index contributed by atoms with van der Waals surface area (Å²) in [6.07, 6.45) is -2.16. The average Bonchev–Trinajstić information content (AvgIpc) is 3.07. The molecular formula is C18H16F6N2O4S2. The van der Waals surface area contributed by atoms with Gasteiger partial charge in [0.25, 0.3) is 0 Å². The molecule has 1 aliphatic heterocycles. The quantitative estimate of drug-likeness (QED) is 0.392. The number of alkyl halides is 6. The molecule has 0 saturated carbocycles. The van der Waals surface area contributed by atoms with E-state index in [1.165, 1.54) is 32.1 Å². The van der Waals surface area contributed by atoms with Crippen LogP contribution in [0.25, 0.3) is 16.8 Å². The minimum Gasteiger partial charge on any atom is -0.435 e. The van der Waals surface area contributed by atoms with Crippen molar-refractivity contribution < 1.29 is 44.0 Å². The molecule has 0 radical (unpaired) electrons. The summed E-state index contributed by atoms with van der Waals surface area (Å²) in [5, 5.41) is 0.728. The van der Waals surface area contributed by atoms with E-state index >= 15 is 0 Å². The van der Waals surface area contributed by atoms with Crippen LogP contribution in [-0.4, -0.2) is 48.6 Å². The van der Waals surface area contributed by atoms with Gasteiger partial charge in [-0.05, 0) is 43.0 Å². The van der Waals surface area contributed by atoms with Crippen LogP contribution in [0.4, 0.5) is 26.3 Å². The number of hydrogen-bond acceptors (Lipinski definition) is 7. The van der Waals surface area contributed by atoms with Crippen molar-refractivity contribution in [2.75, 3.05) is 12.4 Å². The number of fused-ring (bicyclic) bond motifs is 1. The molecule has 0 bridgehead atoms. The molecule has 1 atom stereocenters. The van der Waals surface area contributed by atoms with E-state index in [1.54, 1.807) is 0 Å². The van der Waals surface area contributed by atoms with E-state index in [1.807, 2.05) is 0 Å². The predicted octanol–water partition coefficient (Wildman–Crippen LogP) is 5.30. The first-order chi connectivity index (χ1) is 14.7. The molecule has 0 amide bonds. The van der Waals surface area contributed by atoms with Crippen molar-refractivity contribution in [3.63, 3.8) is 0 Å². The number of hydrogen-bond donors (Lipinski definition) is 0. The lowest BCUT2D eigenvalue weighted by molar-refractivity contribution is -0.237. The van der Waals surface area contributed by atoms with E-state index < -0.39 is 40.1 Å². The molecule has 0 spiro atoms. The Kier molecular flexibility index (Phi) is 6.60. The smallest absolute Gasteiger partial charge is 0.435 e. The zero-order valence-electron chi connectivity index (χ0n) is 16.5. The molecule has 2 aromatic rings. The number of halogens is 6. The maximum atomic E-state index is 12.8. The van der Waals surface area contributed by atoms with Crippen molar-refractivity contribution in [3.8, 4) is 0 Å². The molecule has 0 fully saturated rings. The highest BCUT2D eigenvalue weighted by Crippen LogP contribution is 2.39. The second-order valence-corrected chi connectivity index (χ2v) is 10.0. The number of benzene rings is 1. The summed E-state index contributed by atoms with van der Waals surface area (Å²) in [6.45, 7) is 1.10. The van der Waals surface area contributed by atoms with Crippen LogP contribution in [0.1, 0.15) is 19.7 Å². The fraction of sp³-hybridized carbons (Fsp3) is 0.389. The van der Waals surface area contributed by atoms with Crippen LogP contribution in [0, 0.1) is 0 Å². The molecule has 0 aliphatic carbocycles. The molecule has 32 heavy (non-hydrogen) atoms. The Balaban J connectivity index is 2.14. The van der Waals surface area contributed by atoms with Gasteiger partial charge in [-0.2, -0.15) is 26.3 Å². The lowest BCUT2D eigenvalue weighted by atomic mass is 10.2. The fourth-order valence-corrected chi connectivity index (χ4v) is 4.48. The molecule has 1 aromatic carbocycles. The largest absolute Gasteiger partial charge is 0.446 e. The van der Waals surface area contributed by atoms with Gasteiger partial charge in [0.1, 0.15) is 11.2 Å². The van der Waals surface area contributed by atoms with Gasteiger partial charge in [0.05, 0.1) is 16.7 Å². The molecule has 1 unspecified atom stereocenters. The Bertz CT molecular complexity index is 1170. The number of aromatic nitrogens is 1. The highest BCUT2D eigenvalue weighted by atomic mass is 32.2. The summed E-state index contributed by atoms with van der Waals surface area (Å²) in [5.41, 5.74) is -4.93. The molecule has 1 aliphatic rings. The Morgan fingerprint density at radius 1 is 1.22 bits per heavy atom. The Morgan fingerprint density at radius 2 is 1.91 bits per heavy atom. The van der Waals surface area contributed by atoms with Crippen LogP contribution in [0.3, 0.4) is 0 Å². The monoisotopic (exact) mass is 502 g/mol. The van der Waals surface area contributed by atoms with E-state index in [4.69, 9.17) is 9.25 Å². The zero-order chi connectivity index (χ0) is 23.9. The second kappa shape index (κ2) is 8.63. The summed E-state index contributed by atoms with van der Waals surface area (Å²) in [7, 11) is -3.96. The first-order valence-corrected chi connectivity index (χ1v) is 11.5. The minimum atomic E-state index is -4.71. The van der Waals surface area contributed by atoms with Crippen molar-refractivity contribution in [1.29, 1.82) is 0 Å². The SMILES string of the molecule is CCS(=O)(=O)C1=C(c2nc3cc(SC(F)(F)F)ccc3o2)N(OCC(F)(F)F)C(C)C=C1. The third-order valence-electron chi connectivity index (χ3n) is 4.23. The van der Waals surface area contributed by atoms with Gasteiger partial charge in [0, 0.05) is 4.90 Å². The summed E-state index contributed by atoms with van der Waals surface area (Å²) in [5.74, 6) is -0.774. The number of sulfone groups is 1. The van der Waals surface area contributed by atoms with Gasteiger partial charge in [-0.25, -0.2) is 18.5 Å². The highest BCUT2D eigenvalue weighted by Gasteiger charge is 2.37. The van der Waals surface area contributed by atoms with E-state index in [9.17, 15) is 34.8 Å². The van der Waals surface area contributed by atoms with Crippen LogP contribution in [0.5, 0.6) is 0 Å². The van der Waals surface area contributed by atoms with Crippen LogP contribution < -0.4 is 0 Å². The zero-order valence-corrected chi connectivity index (χ0v) is 18.1. The number of allylic oxidation sites excluding steroid dienone is 1. The van der Waals surface area contributed by atoms with E-state index in [2.05, 4.69) is 4.98 Å². The molecule has 176 valence electrons. The highest BCUT2D eigenvalue weighted by molar-refractivity contribution is 8.00. The summed E-state index contributed by atoms with van der Waals surface area (Å²) >= 11 is -0.380. The molecule has 1 aromatic heterocycles. The van der Waals surface area contributed by atoms with Crippen molar-refractivity contribution in [3.05, 3.63) is 41.1 Å². The molecule has 0 saturated heterocycles. The van der Waals surface area contributed by atoms with Gasteiger partial charge in [-0.15, -0.1) is 0 Å². The Hall–Kier alpha value is -2.19. The lowest BCUT2D eigenvalue weighted by Crippen LogP contribution is -2.37. The van der Waals surface area contributed by atoms with Gasteiger partial charge in [-0.1, -0.05) is 13.0 Å². The number of nitrogens with zero attached hydrogens (tertiary/aromatic N) is 2. The lowest BCUT2D eigenvalue weighted by Gasteiger charge is -2.33. The number of oxazole rings is 1. The Labute approximate surface area is 182 Å². The van der Waals surface area contributed by atoms with E-state index in [0.29, 0.717) is 0 Å².